The lowest BCUT2D eigenvalue weighted by Crippen LogP contribution is -2.35. The van der Waals surface area contributed by atoms with Crippen LogP contribution in [0.5, 0.6) is 0 Å². The average Bonchev–Trinajstić information content (AvgIpc) is 2.61. The highest BCUT2D eigenvalue weighted by molar-refractivity contribution is 7.89. The Balaban J connectivity index is 1.77. The van der Waals surface area contributed by atoms with Gasteiger partial charge in [0.15, 0.2) is 0 Å². The van der Waals surface area contributed by atoms with E-state index in [1.54, 1.807) is 4.90 Å². The third-order valence-electron chi connectivity index (χ3n) is 4.02. The van der Waals surface area contributed by atoms with Gasteiger partial charge in [-0.2, -0.15) is 0 Å². The summed E-state index contributed by atoms with van der Waals surface area (Å²) in [6, 6.07) is 13.9. The highest BCUT2D eigenvalue weighted by Crippen LogP contribution is 2.21. The van der Waals surface area contributed by atoms with E-state index in [0.29, 0.717) is 18.7 Å². The first-order valence-electron chi connectivity index (χ1n) is 7.52. The number of rotatable bonds is 4. The average molecular weight is 346 g/mol. The summed E-state index contributed by atoms with van der Waals surface area (Å²) < 4.78 is 23.6. The van der Waals surface area contributed by atoms with E-state index >= 15 is 0 Å². The molecule has 3 rings (SSSR count). The fourth-order valence-electron chi connectivity index (χ4n) is 2.79. The molecule has 0 aliphatic carbocycles. The van der Waals surface area contributed by atoms with Gasteiger partial charge < -0.3 is 4.90 Å². The van der Waals surface area contributed by atoms with Crippen LogP contribution in [-0.2, 0) is 27.8 Å². The summed E-state index contributed by atoms with van der Waals surface area (Å²) in [5.41, 5.74) is 2.89. The van der Waals surface area contributed by atoms with Crippen LogP contribution in [0.4, 0.5) is 0 Å². The number of nitrogens with zero attached hydrogens (tertiary/aromatic N) is 1. The Morgan fingerprint density at radius 2 is 1.75 bits per heavy atom. The Morgan fingerprint density at radius 3 is 2.42 bits per heavy atom. The molecule has 126 valence electrons. The van der Waals surface area contributed by atoms with Gasteiger partial charge in [-0.05, 0) is 41.8 Å². The first kappa shape index (κ1) is 16.6. The van der Waals surface area contributed by atoms with Crippen LogP contribution >= 0.6 is 0 Å². The van der Waals surface area contributed by atoms with Crippen LogP contribution < -0.4 is 4.89 Å². The topological polar surface area (TPSA) is 75.7 Å². The van der Waals surface area contributed by atoms with Gasteiger partial charge in [-0.25, -0.2) is 8.42 Å². The fourth-order valence-corrected chi connectivity index (χ4v) is 3.60. The van der Waals surface area contributed by atoms with Gasteiger partial charge in [-0.1, -0.05) is 29.2 Å². The number of nitrogens with one attached hydrogen (secondary N) is 1. The summed E-state index contributed by atoms with van der Waals surface area (Å²) in [6.07, 6.45) is 0.826. The van der Waals surface area contributed by atoms with Crippen molar-refractivity contribution in [3.05, 3.63) is 65.2 Å². The number of benzene rings is 2. The number of amides is 1. The van der Waals surface area contributed by atoms with E-state index in [0.717, 1.165) is 12.0 Å². The number of hydrogen-bond acceptors (Lipinski definition) is 4. The summed E-state index contributed by atoms with van der Waals surface area (Å²) in [5, 5.41) is 0. The minimum atomic E-state index is -3.71. The molecule has 0 atom stereocenters. The molecule has 1 heterocycles. The van der Waals surface area contributed by atoms with Crippen molar-refractivity contribution >= 4 is 15.9 Å². The molecule has 1 aliphatic rings. The molecule has 7 heteroatoms. The highest BCUT2D eigenvalue weighted by atomic mass is 32.2. The number of hydrogen-bond donors (Lipinski definition) is 1. The summed E-state index contributed by atoms with van der Waals surface area (Å²) in [6.45, 7) is 1.22. The zero-order valence-electron chi connectivity index (χ0n) is 13.2. The number of carbonyl (C=O) groups is 1. The molecule has 1 N–H and O–H groups in total. The monoisotopic (exact) mass is 346 g/mol. The van der Waals surface area contributed by atoms with E-state index in [1.807, 2.05) is 23.1 Å². The fraction of sp³-hybridized carbons (Fsp3) is 0.235. The number of sulfonamides is 1. The third kappa shape index (κ3) is 3.33. The SMILES string of the molecule is CONS(=O)(=O)c1ccc(C(=O)N2CCc3ccccc3C2)cc1. The quantitative estimate of drug-likeness (QED) is 0.856. The molecule has 0 bridgehead atoms. The van der Waals surface area contributed by atoms with Gasteiger partial charge >= 0.3 is 0 Å². The zero-order chi connectivity index (χ0) is 17.2. The van der Waals surface area contributed by atoms with E-state index in [4.69, 9.17) is 0 Å². The zero-order valence-corrected chi connectivity index (χ0v) is 14.0. The summed E-state index contributed by atoms with van der Waals surface area (Å²) >= 11 is 0. The van der Waals surface area contributed by atoms with Gasteiger partial charge in [0, 0.05) is 18.7 Å². The standard InChI is InChI=1S/C17H18N2O4S/c1-23-18-24(21,22)16-8-6-14(7-9-16)17(20)19-11-10-13-4-2-3-5-15(13)12-19/h2-9,18H,10-12H2,1H3. The first-order valence-corrected chi connectivity index (χ1v) is 9.00. The Labute approximate surface area is 141 Å². The normalized spacial score (nSPS) is 14.3. The van der Waals surface area contributed by atoms with Gasteiger partial charge in [0.25, 0.3) is 15.9 Å². The lowest BCUT2D eigenvalue weighted by atomic mass is 9.99. The van der Waals surface area contributed by atoms with Crippen molar-refractivity contribution in [3.63, 3.8) is 0 Å². The maximum Gasteiger partial charge on any atom is 0.262 e. The van der Waals surface area contributed by atoms with E-state index in [1.165, 1.54) is 36.9 Å². The molecule has 6 nitrogen and oxygen atoms in total. The lowest BCUT2D eigenvalue weighted by molar-refractivity contribution is 0.0734. The highest BCUT2D eigenvalue weighted by Gasteiger charge is 2.22. The molecule has 24 heavy (non-hydrogen) atoms. The van der Waals surface area contributed by atoms with Gasteiger partial charge in [-0.15, -0.1) is 0 Å². The molecule has 1 amide bonds. The lowest BCUT2D eigenvalue weighted by Gasteiger charge is -2.29. The van der Waals surface area contributed by atoms with E-state index < -0.39 is 10.0 Å². The van der Waals surface area contributed by atoms with Crippen LogP contribution in [0.1, 0.15) is 21.5 Å². The van der Waals surface area contributed by atoms with Crippen LogP contribution in [0.2, 0.25) is 0 Å². The Kier molecular flexibility index (Phi) is 4.66. The predicted molar refractivity (Wildman–Crippen MR) is 88.7 cm³/mol. The Hall–Kier alpha value is -2.22. The molecule has 0 saturated carbocycles. The van der Waals surface area contributed by atoms with E-state index in [9.17, 15) is 13.2 Å². The van der Waals surface area contributed by atoms with Crippen molar-refractivity contribution in [1.29, 1.82) is 0 Å². The minimum Gasteiger partial charge on any atom is -0.334 e. The third-order valence-corrected chi connectivity index (χ3v) is 5.30. The van der Waals surface area contributed by atoms with Crippen LogP contribution in [0.15, 0.2) is 53.4 Å². The Morgan fingerprint density at radius 1 is 1.08 bits per heavy atom. The van der Waals surface area contributed by atoms with Gasteiger partial charge in [-0.3, -0.25) is 9.63 Å². The molecule has 0 aromatic heterocycles. The smallest absolute Gasteiger partial charge is 0.262 e. The second-order valence-electron chi connectivity index (χ2n) is 5.56. The van der Waals surface area contributed by atoms with Crippen molar-refractivity contribution in [2.45, 2.75) is 17.9 Å². The van der Waals surface area contributed by atoms with Crippen LogP contribution in [-0.4, -0.2) is 32.9 Å². The summed E-state index contributed by atoms with van der Waals surface area (Å²) in [5.74, 6) is -0.104. The predicted octanol–water partition coefficient (Wildman–Crippen LogP) is 1.72. The van der Waals surface area contributed by atoms with Crippen molar-refractivity contribution < 1.29 is 18.0 Å². The van der Waals surface area contributed by atoms with Crippen molar-refractivity contribution in [2.24, 2.45) is 0 Å². The number of fused-ring (bicyclic) bond motifs is 1. The van der Waals surface area contributed by atoms with Crippen molar-refractivity contribution in [1.82, 2.24) is 9.79 Å². The largest absolute Gasteiger partial charge is 0.334 e. The van der Waals surface area contributed by atoms with Crippen LogP contribution in [0.3, 0.4) is 0 Å². The van der Waals surface area contributed by atoms with Gasteiger partial charge in [0.2, 0.25) is 0 Å². The minimum absolute atomic E-state index is 0.0462. The van der Waals surface area contributed by atoms with Crippen LogP contribution in [0.25, 0.3) is 0 Å². The molecule has 0 saturated heterocycles. The van der Waals surface area contributed by atoms with Gasteiger partial charge in [0.05, 0.1) is 12.0 Å². The van der Waals surface area contributed by atoms with Crippen LogP contribution in [0, 0.1) is 0 Å². The summed E-state index contributed by atoms with van der Waals surface area (Å²) in [4.78, 5) is 20.8. The first-order chi connectivity index (χ1) is 11.5. The van der Waals surface area contributed by atoms with Gasteiger partial charge in [0.1, 0.15) is 0 Å². The molecular weight excluding hydrogens is 328 g/mol. The number of carbonyl (C=O) groups excluding carboxylic acids is 1. The second-order valence-corrected chi connectivity index (χ2v) is 7.21. The molecule has 2 aromatic carbocycles. The second kappa shape index (κ2) is 6.72. The molecule has 0 radical (unpaired) electrons. The maximum atomic E-state index is 12.6. The van der Waals surface area contributed by atoms with E-state index in [2.05, 4.69) is 10.9 Å². The molecule has 0 fully saturated rings. The molecular formula is C17H18N2O4S. The molecule has 0 spiro atoms. The summed E-state index contributed by atoms with van der Waals surface area (Å²) in [7, 11) is -2.49. The maximum absolute atomic E-state index is 12.6. The molecule has 2 aromatic rings. The van der Waals surface area contributed by atoms with Crippen molar-refractivity contribution in [2.75, 3.05) is 13.7 Å². The van der Waals surface area contributed by atoms with Crippen molar-refractivity contribution in [3.8, 4) is 0 Å². The Bertz CT molecular complexity index is 847. The molecule has 0 unspecified atom stereocenters. The molecule has 1 aliphatic heterocycles. The van der Waals surface area contributed by atoms with E-state index in [-0.39, 0.29) is 10.8 Å².